The summed E-state index contributed by atoms with van der Waals surface area (Å²) in [6.45, 7) is 7.30. The van der Waals surface area contributed by atoms with Gasteiger partial charge in [0.2, 0.25) is 5.91 Å². The highest BCUT2D eigenvalue weighted by atomic mass is 16.5. The summed E-state index contributed by atoms with van der Waals surface area (Å²) in [5.41, 5.74) is 13.3. The average Bonchev–Trinajstić information content (AvgIpc) is 3.13. The van der Waals surface area contributed by atoms with E-state index in [4.69, 9.17) is 25.7 Å². The Hall–Kier alpha value is -4.69. The van der Waals surface area contributed by atoms with Gasteiger partial charge in [0.15, 0.2) is 0 Å². The van der Waals surface area contributed by atoms with Gasteiger partial charge in [-0.3, -0.25) is 44.4 Å². The van der Waals surface area contributed by atoms with Crippen molar-refractivity contribution in [3.8, 4) is 0 Å². The highest BCUT2D eigenvalue weighted by molar-refractivity contribution is 5.88. The molecule has 19 nitrogen and oxygen atoms in total. The first-order chi connectivity index (χ1) is 26.3. The lowest BCUT2D eigenvalue weighted by atomic mass is 10.1. The predicted molar refractivity (Wildman–Crippen MR) is 199 cm³/mol. The molecule has 0 spiro atoms. The van der Waals surface area contributed by atoms with Crippen molar-refractivity contribution >= 4 is 41.5 Å². The van der Waals surface area contributed by atoms with Crippen molar-refractivity contribution in [3.63, 3.8) is 0 Å². The van der Waals surface area contributed by atoms with Crippen molar-refractivity contribution in [3.05, 3.63) is 34.9 Å². The summed E-state index contributed by atoms with van der Waals surface area (Å²) < 4.78 is 15.7. The van der Waals surface area contributed by atoms with Gasteiger partial charge in [0, 0.05) is 63.0 Å². The van der Waals surface area contributed by atoms with E-state index in [0.717, 1.165) is 12.2 Å². The maximum atomic E-state index is 12.9. The van der Waals surface area contributed by atoms with E-state index >= 15 is 0 Å². The van der Waals surface area contributed by atoms with Gasteiger partial charge in [0.1, 0.15) is 18.1 Å². The summed E-state index contributed by atoms with van der Waals surface area (Å²) in [5.74, 6) is -5.25. The monoisotopic (exact) mass is 796 g/mol. The molecule has 0 fully saturated rings. The fourth-order valence-electron chi connectivity index (χ4n) is 4.85. The number of carbonyl (C=O) groups excluding carboxylic acids is 7. The van der Waals surface area contributed by atoms with Gasteiger partial charge in [0.25, 0.3) is 17.7 Å². The molecule has 3 atom stereocenters. The number of hydroxylamine groups is 6. The number of cyclic esters (lactones) is 3. The van der Waals surface area contributed by atoms with Gasteiger partial charge in [-0.15, -0.1) is 0 Å². The molecule has 0 bridgehead atoms. The summed E-state index contributed by atoms with van der Waals surface area (Å²) >= 11 is 0. The van der Waals surface area contributed by atoms with E-state index in [0.29, 0.717) is 31.9 Å². The van der Waals surface area contributed by atoms with E-state index < -0.39 is 65.6 Å². The molecule has 0 aromatic heterocycles. The Balaban J connectivity index is 3.01. The number of amides is 4. The zero-order chi connectivity index (χ0) is 42.4. The molecule has 0 aromatic carbocycles. The van der Waals surface area contributed by atoms with Crippen LogP contribution in [0.4, 0.5) is 0 Å². The van der Waals surface area contributed by atoms with Crippen LogP contribution in [0.5, 0.6) is 0 Å². The van der Waals surface area contributed by atoms with Crippen LogP contribution in [-0.2, 0) is 47.8 Å². The lowest BCUT2D eigenvalue weighted by molar-refractivity contribution is -0.160. The first kappa shape index (κ1) is 49.3. The first-order valence-corrected chi connectivity index (χ1v) is 18.7. The van der Waals surface area contributed by atoms with Crippen LogP contribution >= 0.6 is 0 Å². The van der Waals surface area contributed by atoms with Crippen LogP contribution in [0.2, 0.25) is 0 Å². The molecule has 316 valence electrons. The van der Waals surface area contributed by atoms with Crippen LogP contribution in [0.1, 0.15) is 92.4 Å². The van der Waals surface area contributed by atoms with E-state index in [1.165, 1.54) is 6.08 Å². The SMILES string of the molecule is C/C1=C/C(=O)N(O)CCCC(N)C(=O)OCC/C(C)=C\C(=O)N(O)CCCC(NC(=O)C(C)C)C(=O)OCC/C(C)=C\C(=O)N(O)CCCC(N)C(=O)OCC1. The maximum absolute atomic E-state index is 12.9. The Labute approximate surface area is 327 Å². The lowest BCUT2D eigenvalue weighted by Gasteiger charge is -2.20. The molecule has 1 heterocycles. The number of nitrogens with zero attached hydrogens (tertiary/aromatic N) is 3. The van der Waals surface area contributed by atoms with Gasteiger partial charge in [0.05, 0.1) is 19.8 Å². The summed E-state index contributed by atoms with van der Waals surface area (Å²) in [5, 5.41) is 34.6. The Kier molecular flexibility index (Phi) is 23.1. The summed E-state index contributed by atoms with van der Waals surface area (Å²) in [6.07, 6.45) is 4.62. The van der Waals surface area contributed by atoms with Crippen molar-refractivity contribution in [1.29, 1.82) is 0 Å². The second-order valence-corrected chi connectivity index (χ2v) is 14.0. The molecule has 0 radical (unpaired) electrons. The van der Waals surface area contributed by atoms with Crippen molar-refractivity contribution in [2.45, 2.75) is 111 Å². The lowest BCUT2D eigenvalue weighted by Crippen LogP contribution is -2.44. The fraction of sp³-hybridized carbons (Fsp3) is 0.649. The number of hydrogen-bond donors (Lipinski definition) is 6. The molecule has 0 saturated carbocycles. The van der Waals surface area contributed by atoms with Gasteiger partial charge < -0.3 is 31.0 Å². The average molecular weight is 797 g/mol. The second-order valence-electron chi connectivity index (χ2n) is 14.0. The molecular formula is C37H60N6O13. The third kappa shape index (κ3) is 20.3. The summed E-state index contributed by atoms with van der Waals surface area (Å²) in [4.78, 5) is 87.4. The van der Waals surface area contributed by atoms with Crippen molar-refractivity contribution in [2.75, 3.05) is 39.5 Å². The van der Waals surface area contributed by atoms with Crippen LogP contribution in [0.3, 0.4) is 0 Å². The van der Waals surface area contributed by atoms with Crippen LogP contribution in [0.15, 0.2) is 34.9 Å². The van der Waals surface area contributed by atoms with Crippen LogP contribution in [0.25, 0.3) is 0 Å². The van der Waals surface area contributed by atoms with E-state index in [1.54, 1.807) is 34.6 Å². The van der Waals surface area contributed by atoms with Gasteiger partial charge in [-0.25, -0.2) is 20.0 Å². The number of esters is 3. The second kappa shape index (κ2) is 26.2. The molecule has 0 saturated heterocycles. The number of carbonyl (C=O) groups is 7. The first-order valence-electron chi connectivity index (χ1n) is 18.7. The Morgan fingerprint density at radius 3 is 1.29 bits per heavy atom. The minimum Gasteiger partial charge on any atom is -0.464 e. The number of hydrogen-bond acceptors (Lipinski definition) is 15. The third-order valence-corrected chi connectivity index (χ3v) is 8.46. The summed E-state index contributed by atoms with van der Waals surface area (Å²) in [7, 11) is 0. The maximum Gasteiger partial charge on any atom is 0.328 e. The topological polar surface area (TPSA) is 282 Å². The molecule has 0 aromatic rings. The number of ether oxygens (including phenoxy) is 3. The summed E-state index contributed by atoms with van der Waals surface area (Å²) in [6, 6.07) is -3.16. The zero-order valence-electron chi connectivity index (χ0n) is 33.1. The smallest absolute Gasteiger partial charge is 0.328 e. The highest BCUT2D eigenvalue weighted by Gasteiger charge is 2.24. The number of nitrogens with one attached hydrogen (secondary N) is 1. The molecule has 3 unspecified atom stereocenters. The van der Waals surface area contributed by atoms with E-state index in [2.05, 4.69) is 5.32 Å². The van der Waals surface area contributed by atoms with E-state index in [-0.39, 0.29) is 97.2 Å². The van der Waals surface area contributed by atoms with Crippen LogP contribution < -0.4 is 16.8 Å². The quantitative estimate of drug-likeness (QED) is 0.131. The third-order valence-electron chi connectivity index (χ3n) is 8.46. The molecule has 0 aliphatic carbocycles. The van der Waals surface area contributed by atoms with Gasteiger partial charge in [-0.05, 0) is 59.3 Å². The fourth-order valence-corrected chi connectivity index (χ4v) is 4.85. The van der Waals surface area contributed by atoms with Crippen molar-refractivity contribution in [1.82, 2.24) is 20.5 Å². The largest absolute Gasteiger partial charge is 0.464 e. The standard InChI is InChI=1S/C37H60N6O13/c1-24(2)34(47)40-30-11-8-17-43(53)33(46)22-26(4)13-19-55-36(49)28(38)9-6-15-41(51)31(44)21-25(3)12-18-54-35(48)29(39)10-7-16-42(52)32(45)23-27(5)14-20-56-37(30)50/h21-24,28-30,51-53H,6-20,38-39H2,1-5H3,(H,40,47)/b25-21-,26-22-,27-23-. The number of rotatable bonds is 2. The Morgan fingerprint density at radius 1 is 0.625 bits per heavy atom. The molecular weight excluding hydrogens is 736 g/mol. The van der Waals surface area contributed by atoms with E-state index in [1.807, 2.05) is 0 Å². The number of nitrogens with two attached hydrogens (primary N) is 2. The van der Waals surface area contributed by atoms with Crippen LogP contribution in [-0.4, -0.2) is 130 Å². The highest BCUT2D eigenvalue weighted by Crippen LogP contribution is 2.10. The van der Waals surface area contributed by atoms with Crippen molar-refractivity contribution < 1.29 is 63.4 Å². The Bertz CT molecular complexity index is 1450. The van der Waals surface area contributed by atoms with Gasteiger partial charge in [-0.1, -0.05) is 30.6 Å². The van der Waals surface area contributed by atoms with Crippen LogP contribution in [0, 0.1) is 5.92 Å². The molecule has 56 heavy (non-hydrogen) atoms. The normalized spacial score (nSPS) is 26.2. The van der Waals surface area contributed by atoms with Gasteiger partial charge >= 0.3 is 17.9 Å². The van der Waals surface area contributed by atoms with Gasteiger partial charge in [-0.2, -0.15) is 0 Å². The molecule has 1 aliphatic rings. The molecule has 8 N–H and O–H groups in total. The molecule has 19 heteroatoms. The van der Waals surface area contributed by atoms with Crippen molar-refractivity contribution in [2.24, 2.45) is 17.4 Å². The van der Waals surface area contributed by atoms with E-state index in [9.17, 15) is 49.2 Å². The minimum atomic E-state index is -1.09. The zero-order valence-corrected chi connectivity index (χ0v) is 33.1. The Morgan fingerprint density at radius 2 is 0.946 bits per heavy atom. The minimum absolute atomic E-state index is 0.0259. The predicted octanol–water partition coefficient (Wildman–Crippen LogP) is 1.43. The molecule has 1 aliphatic heterocycles. The molecule has 1 rings (SSSR count). The molecule has 4 amide bonds.